The van der Waals surface area contributed by atoms with Gasteiger partial charge >= 0.3 is 0 Å². The maximum Gasteiger partial charge on any atom is 0.224 e. The lowest BCUT2D eigenvalue weighted by molar-refractivity contribution is -0.130. The first-order valence-corrected chi connectivity index (χ1v) is 11.3. The SMILES string of the molecule is CCNC(=NCc1ccc(CN2CCCCC2)cc1)NCCC(=O)N(CC)CC.I. The third kappa shape index (κ3) is 9.64. The van der Waals surface area contributed by atoms with Gasteiger partial charge in [-0.2, -0.15) is 0 Å². The number of aliphatic imine (C=N–C) groups is 1. The highest BCUT2D eigenvalue weighted by Crippen LogP contribution is 2.14. The number of likely N-dealkylation sites (tertiary alicyclic amines) is 1. The molecular weight excluding hydrogens is 489 g/mol. The largest absolute Gasteiger partial charge is 0.357 e. The molecule has 2 N–H and O–H groups in total. The number of hydrogen-bond donors (Lipinski definition) is 2. The van der Waals surface area contributed by atoms with Crippen LogP contribution in [0.1, 0.15) is 57.6 Å². The van der Waals surface area contributed by atoms with Gasteiger partial charge in [0.1, 0.15) is 0 Å². The second kappa shape index (κ2) is 15.5. The fourth-order valence-electron chi connectivity index (χ4n) is 3.66. The van der Waals surface area contributed by atoms with Gasteiger partial charge in [0.05, 0.1) is 6.54 Å². The Kier molecular flexibility index (Phi) is 13.7. The van der Waals surface area contributed by atoms with Crippen LogP contribution in [0.5, 0.6) is 0 Å². The number of benzene rings is 1. The van der Waals surface area contributed by atoms with Crippen LogP contribution in [-0.2, 0) is 17.9 Å². The Morgan fingerprint density at radius 1 is 1.00 bits per heavy atom. The molecule has 1 aromatic carbocycles. The van der Waals surface area contributed by atoms with Crippen molar-refractivity contribution in [1.29, 1.82) is 0 Å². The van der Waals surface area contributed by atoms with Gasteiger partial charge < -0.3 is 15.5 Å². The Labute approximate surface area is 199 Å². The molecule has 0 aliphatic carbocycles. The molecule has 1 aliphatic rings. The van der Waals surface area contributed by atoms with Crippen molar-refractivity contribution in [2.24, 2.45) is 4.99 Å². The van der Waals surface area contributed by atoms with Gasteiger partial charge in [-0.15, -0.1) is 24.0 Å². The normalized spacial score (nSPS) is 14.7. The van der Waals surface area contributed by atoms with E-state index in [4.69, 9.17) is 0 Å². The molecule has 1 saturated heterocycles. The third-order valence-corrected chi connectivity index (χ3v) is 5.39. The van der Waals surface area contributed by atoms with Crippen molar-refractivity contribution in [3.8, 4) is 0 Å². The zero-order valence-electron chi connectivity index (χ0n) is 19.0. The maximum absolute atomic E-state index is 12.1. The monoisotopic (exact) mass is 529 g/mol. The molecule has 30 heavy (non-hydrogen) atoms. The van der Waals surface area contributed by atoms with Gasteiger partial charge in [-0.1, -0.05) is 30.7 Å². The minimum Gasteiger partial charge on any atom is -0.357 e. The molecule has 170 valence electrons. The molecule has 0 unspecified atom stereocenters. The van der Waals surface area contributed by atoms with E-state index in [9.17, 15) is 4.79 Å². The van der Waals surface area contributed by atoms with Crippen molar-refractivity contribution in [1.82, 2.24) is 20.4 Å². The number of halogens is 1. The van der Waals surface area contributed by atoms with Gasteiger partial charge in [0.2, 0.25) is 5.91 Å². The quantitative estimate of drug-likeness (QED) is 0.276. The summed E-state index contributed by atoms with van der Waals surface area (Å²) >= 11 is 0. The molecule has 1 fully saturated rings. The van der Waals surface area contributed by atoms with Crippen molar-refractivity contribution in [2.45, 2.75) is 59.5 Å². The van der Waals surface area contributed by atoms with Crippen molar-refractivity contribution >= 4 is 35.8 Å². The van der Waals surface area contributed by atoms with Gasteiger partial charge in [0.25, 0.3) is 0 Å². The third-order valence-electron chi connectivity index (χ3n) is 5.39. The predicted octanol–water partition coefficient (Wildman–Crippen LogP) is 3.60. The number of carbonyl (C=O) groups excluding carboxylic acids is 1. The van der Waals surface area contributed by atoms with Gasteiger partial charge in [0, 0.05) is 39.1 Å². The second-order valence-corrected chi connectivity index (χ2v) is 7.59. The molecule has 0 spiro atoms. The van der Waals surface area contributed by atoms with Crippen LogP contribution in [0.15, 0.2) is 29.3 Å². The van der Waals surface area contributed by atoms with Crippen molar-refractivity contribution in [3.63, 3.8) is 0 Å². The highest BCUT2D eigenvalue weighted by molar-refractivity contribution is 14.0. The minimum atomic E-state index is 0. The fraction of sp³-hybridized carbons (Fsp3) is 0.652. The van der Waals surface area contributed by atoms with E-state index in [2.05, 4.69) is 44.8 Å². The summed E-state index contributed by atoms with van der Waals surface area (Å²) in [4.78, 5) is 21.2. The van der Waals surface area contributed by atoms with E-state index >= 15 is 0 Å². The molecule has 1 amide bonds. The fourth-order valence-corrected chi connectivity index (χ4v) is 3.66. The van der Waals surface area contributed by atoms with Crippen LogP contribution < -0.4 is 10.6 Å². The van der Waals surface area contributed by atoms with Crippen LogP contribution in [0.2, 0.25) is 0 Å². The number of nitrogens with one attached hydrogen (secondary N) is 2. The molecular formula is C23H40IN5O. The lowest BCUT2D eigenvalue weighted by Gasteiger charge is -2.26. The predicted molar refractivity (Wildman–Crippen MR) is 136 cm³/mol. The van der Waals surface area contributed by atoms with E-state index in [1.54, 1.807) is 0 Å². The smallest absolute Gasteiger partial charge is 0.224 e. The summed E-state index contributed by atoms with van der Waals surface area (Å²) < 4.78 is 0. The highest BCUT2D eigenvalue weighted by Gasteiger charge is 2.11. The summed E-state index contributed by atoms with van der Waals surface area (Å²) in [6, 6.07) is 8.80. The summed E-state index contributed by atoms with van der Waals surface area (Å²) in [6.45, 7) is 13.1. The van der Waals surface area contributed by atoms with Gasteiger partial charge in [-0.3, -0.25) is 9.69 Å². The Balaban J connectivity index is 0.00000450. The first-order valence-electron chi connectivity index (χ1n) is 11.3. The average Bonchev–Trinajstić information content (AvgIpc) is 2.74. The van der Waals surface area contributed by atoms with Gasteiger partial charge in [-0.05, 0) is 57.8 Å². The highest BCUT2D eigenvalue weighted by atomic mass is 127. The second-order valence-electron chi connectivity index (χ2n) is 7.59. The first-order chi connectivity index (χ1) is 14.2. The molecule has 6 nitrogen and oxygen atoms in total. The van der Waals surface area contributed by atoms with E-state index in [1.165, 1.54) is 43.5 Å². The van der Waals surface area contributed by atoms with Crippen LogP contribution in [0.4, 0.5) is 0 Å². The molecule has 1 heterocycles. The minimum absolute atomic E-state index is 0. The molecule has 7 heteroatoms. The lowest BCUT2D eigenvalue weighted by Crippen LogP contribution is -2.40. The van der Waals surface area contributed by atoms with Gasteiger partial charge in [0.15, 0.2) is 5.96 Å². The van der Waals surface area contributed by atoms with Gasteiger partial charge in [-0.25, -0.2) is 4.99 Å². The van der Waals surface area contributed by atoms with E-state index in [0.717, 1.165) is 32.1 Å². The van der Waals surface area contributed by atoms with Crippen LogP contribution >= 0.6 is 24.0 Å². The summed E-state index contributed by atoms with van der Waals surface area (Å²) in [5, 5.41) is 6.53. The zero-order valence-corrected chi connectivity index (χ0v) is 21.3. The number of guanidine groups is 1. The van der Waals surface area contributed by atoms with E-state index in [0.29, 0.717) is 19.5 Å². The maximum atomic E-state index is 12.1. The average molecular weight is 530 g/mol. The molecule has 0 bridgehead atoms. The summed E-state index contributed by atoms with van der Waals surface area (Å²) in [5.74, 6) is 0.944. The molecule has 0 atom stereocenters. The molecule has 1 aliphatic heterocycles. The Morgan fingerprint density at radius 3 is 2.23 bits per heavy atom. The van der Waals surface area contributed by atoms with Crippen molar-refractivity contribution in [3.05, 3.63) is 35.4 Å². The number of rotatable bonds is 10. The molecule has 0 aromatic heterocycles. The number of hydrogen-bond acceptors (Lipinski definition) is 3. The Hall–Kier alpha value is -1.35. The first kappa shape index (κ1) is 26.7. The summed E-state index contributed by atoms with van der Waals surface area (Å²) in [7, 11) is 0. The molecule has 0 radical (unpaired) electrons. The zero-order chi connectivity index (χ0) is 20.9. The van der Waals surface area contributed by atoms with Crippen LogP contribution in [0.3, 0.4) is 0 Å². The molecule has 1 aromatic rings. The molecule has 2 rings (SSSR count). The van der Waals surface area contributed by atoms with E-state index in [-0.39, 0.29) is 29.9 Å². The number of carbonyl (C=O) groups is 1. The number of amides is 1. The Morgan fingerprint density at radius 2 is 1.63 bits per heavy atom. The van der Waals surface area contributed by atoms with Crippen molar-refractivity contribution < 1.29 is 4.79 Å². The standard InChI is InChI=1S/C23H39N5O.HI/c1-4-24-23(25-15-14-22(29)28(5-2)6-3)26-18-20-10-12-21(13-11-20)19-27-16-8-7-9-17-27;/h10-13H,4-9,14-19H2,1-3H3,(H2,24,25,26);1H. The molecule has 0 saturated carbocycles. The van der Waals surface area contributed by atoms with E-state index in [1.807, 2.05) is 25.7 Å². The summed E-state index contributed by atoms with van der Waals surface area (Å²) in [5.41, 5.74) is 2.57. The van der Waals surface area contributed by atoms with E-state index < -0.39 is 0 Å². The number of piperidine rings is 1. The topological polar surface area (TPSA) is 60.0 Å². The van der Waals surface area contributed by atoms with Crippen LogP contribution in [0.25, 0.3) is 0 Å². The number of nitrogens with zero attached hydrogens (tertiary/aromatic N) is 3. The van der Waals surface area contributed by atoms with Crippen LogP contribution in [0, 0.1) is 0 Å². The van der Waals surface area contributed by atoms with Crippen LogP contribution in [-0.4, -0.2) is 60.9 Å². The van der Waals surface area contributed by atoms with Crippen molar-refractivity contribution in [2.75, 3.05) is 39.3 Å². The Bertz CT molecular complexity index is 625. The summed E-state index contributed by atoms with van der Waals surface area (Å²) in [6.07, 6.45) is 4.51. The lowest BCUT2D eigenvalue weighted by atomic mass is 10.1.